The quantitative estimate of drug-likeness (QED) is 0.509. The third-order valence-electron chi connectivity index (χ3n) is 2.33. The van der Waals surface area contributed by atoms with Gasteiger partial charge in [-0.15, -0.1) is 0 Å². The molecule has 0 radical (unpaired) electrons. The van der Waals surface area contributed by atoms with Crippen LogP contribution in [0.2, 0.25) is 5.02 Å². The van der Waals surface area contributed by atoms with Crippen LogP contribution in [0.1, 0.15) is 0 Å². The normalized spacial score (nSPS) is 13.2. The average Bonchev–Trinajstić information content (AvgIpc) is 2.41. The van der Waals surface area contributed by atoms with Gasteiger partial charge in [0.25, 0.3) is 5.69 Å². The summed E-state index contributed by atoms with van der Waals surface area (Å²) in [4.78, 5) is 9.98. The second-order valence-electron chi connectivity index (χ2n) is 3.91. The number of nitro benzene ring substituents is 1. The van der Waals surface area contributed by atoms with E-state index in [1.165, 1.54) is 6.07 Å². The highest BCUT2D eigenvalue weighted by Gasteiger charge is 2.24. The maximum atomic E-state index is 12.1. The van der Waals surface area contributed by atoms with E-state index in [2.05, 4.69) is 0 Å². The number of para-hydroxylation sites is 1. The topological polar surface area (TPSA) is 105 Å². The van der Waals surface area contributed by atoms with Gasteiger partial charge in [0.2, 0.25) is 0 Å². The average molecular weight is 329 g/mol. The lowest BCUT2D eigenvalue weighted by Gasteiger charge is -2.15. The van der Waals surface area contributed by atoms with Gasteiger partial charge >= 0.3 is 7.75 Å². The van der Waals surface area contributed by atoms with Gasteiger partial charge < -0.3 is 9.05 Å². The Hall–Kier alpha value is -2.08. The van der Waals surface area contributed by atoms with Crippen molar-refractivity contribution >= 4 is 25.0 Å². The van der Waals surface area contributed by atoms with Crippen LogP contribution in [0.5, 0.6) is 11.5 Å². The molecule has 0 spiro atoms. The van der Waals surface area contributed by atoms with Crippen LogP contribution in [-0.2, 0) is 4.57 Å². The fraction of sp³-hybridized carbons (Fsp3) is 0. The number of non-ortho nitro benzene ring substituents is 1. The molecule has 1 atom stereocenters. The van der Waals surface area contributed by atoms with E-state index in [1.54, 1.807) is 30.3 Å². The first-order valence-corrected chi connectivity index (χ1v) is 7.63. The Morgan fingerprint density at radius 2 is 1.81 bits per heavy atom. The Morgan fingerprint density at radius 1 is 1.14 bits per heavy atom. The summed E-state index contributed by atoms with van der Waals surface area (Å²) in [6.45, 7) is 0. The minimum Gasteiger partial charge on any atom is -0.405 e. The van der Waals surface area contributed by atoms with Gasteiger partial charge in [-0.1, -0.05) is 29.8 Å². The van der Waals surface area contributed by atoms with E-state index in [0.717, 1.165) is 12.1 Å². The van der Waals surface area contributed by atoms with Crippen molar-refractivity contribution < 1.29 is 18.5 Å². The summed E-state index contributed by atoms with van der Waals surface area (Å²) < 4.78 is 22.1. The maximum Gasteiger partial charge on any atom is 0.510 e. The summed E-state index contributed by atoms with van der Waals surface area (Å²) in [6.07, 6.45) is 0. The molecule has 0 aliphatic rings. The molecular weight excluding hydrogens is 319 g/mol. The van der Waals surface area contributed by atoms with Crippen LogP contribution < -0.4 is 14.6 Å². The highest BCUT2D eigenvalue weighted by Crippen LogP contribution is 2.43. The molecule has 7 nitrogen and oxygen atoms in total. The molecule has 0 heterocycles. The Bertz CT molecular complexity index is 710. The van der Waals surface area contributed by atoms with E-state index >= 15 is 0 Å². The van der Waals surface area contributed by atoms with E-state index in [-0.39, 0.29) is 22.2 Å². The van der Waals surface area contributed by atoms with Crippen molar-refractivity contribution in [3.8, 4) is 11.5 Å². The number of rotatable bonds is 5. The van der Waals surface area contributed by atoms with Gasteiger partial charge in [-0.3, -0.25) is 10.1 Å². The zero-order valence-electron chi connectivity index (χ0n) is 10.5. The molecule has 0 saturated heterocycles. The molecule has 9 heteroatoms. The van der Waals surface area contributed by atoms with Crippen molar-refractivity contribution in [1.29, 1.82) is 0 Å². The van der Waals surface area contributed by atoms with Crippen molar-refractivity contribution in [2.24, 2.45) is 5.50 Å². The number of nitrogens with two attached hydrogens (primary N) is 1. The van der Waals surface area contributed by atoms with E-state index in [9.17, 15) is 14.7 Å². The van der Waals surface area contributed by atoms with Crippen LogP contribution in [-0.4, -0.2) is 4.92 Å². The summed E-state index contributed by atoms with van der Waals surface area (Å²) in [5.74, 6) is 0.199. The molecule has 1 unspecified atom stereocenters. The number of benzene rings is 2. The van der Waals surface area contributed by atoms with Crippen LogP contribution in [0.4, 0.5) is 5.69 Å². The second-order valence-corrected chi connectivity index (χ2v) is 5.76. The van der Waals surface area contributed by atoms with Crippen LogP contribution >= 0.6 is 19.3 Å². The molecule has 0 aromatic heterocycles. The van der Waals surface area contributed by atoms with Gasteiger partial charge in [-0.2, -0.15) is 0 Å². The first kappa shape index (κ1) is 15.3. The highest BCUT2D eigenvalue weighted by molar-refractivity contribution is 7.52. The highest BCUT2D eigenvalue weighted by atomic mass is 35.5. The van der Waals surface area contributed by atoms with Gasteiger partial charge in [0, 0.05) is 12.1 Å². The molecule has 0 aliphatic heterocycles. The van der Waals surface area contributed by atoms with Gasteiger partial charge in [0.1, 0.15) is 5.75 Å². The van der Waals surface area contributed by atoms with Gasteiger partial charge in [-0.25, -0.2) is 10.1 Å². The van der Waals surface area contributed by atoms with Crippen molar-refractivity contribution in [2.75, 3.05) is 0 Å². The molecular formula is C12H10ClN2O5P. The second kappa shape index (κ2) is 6.13. The first-order valence-electron chi connectivity index (χ1n) is 5.64. The molecule has 0 bridgehead atoms. The number of nitro groups is 1. The lowest BCUT2D eigenvalue weighted by molar-refractivity contribution is -0.384. The lowest BCUT2D eigenvalue weighted by atomic mass is 10.3. The Labute approximate surface area is 125 Å². The summed E-state index contributed by atoms with van der Waals surface area (Å²) >= 11 is 5.82. The number of hydrogen-bond donors (Lipinski definition) is 1. The Balaban J connectivity index is 2.17. The van der Waals surface area contributed by atoms with Crippen LogP contribution in [0.15, 0.2) is 48.5 Å². The van der Waals surface area contributed by atoms with Crippen LogP contribution in [0.25, 0.3) is 0 Å². The molecule has 2 aromatic carbocycles. The first-order chi connectivity index (χ1) is 9.87. The Kier molecular flexibility index (Phi) is 4.47. The molecule has 2 rings (SSSR count). The fourth-order valence-electron chi connectivity index (χ4n) is 1.46. The monoisotopic (exact) mass is 328 g/mol. The van der Waals surface area contributed by atoms with Crippen LogP contribution in [0, 0.1) is 10.1 Å². The molecule has 0 amide bonds. The number of hydrogen-bond acceptors (Lipinski definition) is 5. The van der Waals surface area contributed by atoms with Crippen molar-refractivity contribution in [2.45, 2.75) is 0 Å². The van der Waals surface area contributed by atoms with Crippen LogP contribution in [0.3, 0.4) is 0 Å². The van der Waals surface area contributed by atoms with Crippen molar-refractivity contribution in [3.05, 3.63) is 63.7 Å². The summed E-state index contributed by atoms with van der Waals surface area (Å²) in [6, 6.07) is 11.6. The van der Waals surface area contributed by atoms with Crippen molar-refractivity contribution in [1.82, 2.24) is 0 Å². The van der Waals surface area contributed by atoms with E-state index in [0.29, 0.717) is 0 Å². The minimum atomic E-state index is -3.96. The van der Waals surface area contributed by atoms with E-state index < -0.39 is 12.7 Å². The molecule has 21 heavy (non-hydrogen) atoms. The summed E-state index contributed by atoms with van der Waals surface area (Å²) in [5, 5.41) is 10.5. The largest absolute Gasteiger partial charge is 0.510 e. The van der Waals surface area contributed by atoms with E-state index in [4.69, 9.17) is 26.2 Å². The predicted molar refractivity (Wildman–Crippen MR) is 77.6 cm³/mol. The number of halogens is 1. The van der Waals surface area contributed by atoms with Gasteiger partial charge in [0.05, 0.1) is 9.95 Å². The fourth-order valence-corrected chi connectivity index (χ4v) is 2.61. The standard InChI is InChI=1S/C12H10ClN2O5P/c13-11-8-9(15(16)17)6-7-12(11)20-21(14,18)19-10-4-2-1-3-5-10/h1-8H,(H2,14,18). The predicted octanol–water partition coefficient (Wildman–Crippen LogP) is 3.77. The Morgan fingerprint density at radius 3 is 2.38 bits per heavy atom. The smallest absolute Gasteiger partial charge is 0.405 e. The minimum absolute atomic E-state index is 0.0657. The third kappa shape index (κ3) is 4.19. The zero-order chi connectivity index (χ0) is 15.5. The molecule has 110 valence electrons. The molecule has 0 fully saturated rings. The zero-order valence-corrected chi connectivity index (χ0v) is 12.2. The molecule has 0 aliphatic carbocycles. The maximum absolute atomic E-state index is 12.1. The summed E-state index contributed by atoms with van der Waals surface area (Å²) in [7, 11) is -3.96. The van der Waals surface area contributed by atoms with Gasteiger partial charge in [0.15, 0.2) is 5.75 Å². The number of nitrogens with zero attached hydrogens (tertiary/aromatic N) is 1. The lowest BCUT2D eigenvalue weighted by Crippen LogP contribution is -2.09. The van der Waals surface area contributed by atoms with Gasteiger partial charge in [-0.05, 0) is 18.2 Å². The summed E-state index contributed by atoms with van der Waals surface area (Å²) in [5.41, 5.74) is 5.25. The third-order valence-corrected chi connectivity index (χ3v) is 3.54. The van der Waals surface area contributed by atoms with Crippen molar-refractivity contribution in [3.63, 3.8) is 0 Å². The molecule has 0 saturated carbocycles. The SMILES string of the molecule is NP(=O)(Oc1ccccc1)Oc1ccc([N+](=O)[O-])cc1Cl. The van der Waals surface area contributed by atoms with E-state index in [1.807, 2.05) is 0 Å². The molecule has 2 aromatic rings. The molecule has 2 N–H and O–H groups in total.